The number of benzene rings is 1. The molecule has 212 valence electrons. The third-order valence-corrected chi connectivity index (χ3v) is 7.78. The van der Waals surface area contributed by atoms with E-state index in [-0.39, 0.29) is 5.91 Å². The molecule has 5 aliphatic rings. The summed E-state index contributed by atoms with van der Waals surface area (Å²) in [6.45, 7) is 8.91. The van der Waals surface area contributed by atoms with Crippen LogP contribution < -0.4 is 10.2 Å². The smallest absolute Gasteiger partial charge is 0.253 e. The molecule has 0 saturated carbocycles. The number of rotatable bonds is 1. The lowest BCUT2D eigenvalue weighted by molar-refractivity contribution is 0.0822. The summed E-state index contributed by atoms with van der Waals surface area (Å²) >= 11 is 0. The van der Waals surface area contributed by atoms with Crippen molar-refractivity contribution in [1.82, 2.24) is 34.6 Å². The van der Waals surface area contributed by atoms with Gasteiger partial charge >= 0.3 is 0 Å². The number of amides is 1. The molecule has 1 aromatic carbocycles. The maximum absolute atomic E-state index is 13.0. The van der Waals surface area contributed by atoms with Gasteiger partial charge in [0.1, 0.15) is 5.82 Å². The monoisotopic (exact) mass is 543 g/mol. The Morgan fingerprint density at radius 3 is 2.40 bits per heavy atom. The first-order valence-corrected chi connectivity index (χ1v) is 14.1. The van der Waals surface area contributed by atoms with Gasteiger partial charge in [0.25, 0.3) is 5.91 Å². The molecule has 0 atom stereocenters. The summed E-state index contributed by atoms with van der Waals surface area (Å²) in [4.78, 5) is 38.2. The van der Waals surface area contributed by atoms with Crippen LogP contribution >= 0.6 is 0 Å². The zero-order valence-electron chi connectivity index (χ0n) is 24.2. The van der Waals surface area contributed by atoms with Crippen molar-refractivity contribution in [3.8, 4) is 11.3 Å². The third kappa shape index (κ3) is 6.93. The summed E-state index contributed by atoms with van der Waals surface area (Å²) in [5, 5.41) is 3.36. The van der Waals surface area contributed by atoms with Gasteiger partial charge in [-0.25, -0.2) is 15.0 Å². The lowest BCUT2D eigenvalue weighted by atomic mass is 10.0. The van der Waals surface area contributed by atoms with Gasteiger partial charge in [-0.2, -0.15) is 0 Å². The van der Waals surface area contributed by atoms with Gasteiger partial charge in [0.15, 0.2) is 0 Å². The van der Waals surface area contributed by atoms with Gasteiger partial charge in [-0.3, -0.25) is 14.6 Å². The number of hydrogen-bond donors (Lipinski definition) is 1. The minimum absolute atomic E-state index is 0.0143. The zero-order valence-corrected chi connectivity index (χ0v) is 24.2. The minimum atomic E-state index is 0.0143. The van der Waals surface area contributed by atoms with Crippen molar-refractivity contribution in [2.45, 2.75) is 13.0 Å². The fourth-order valence-electron chi connectivity index (χ4n) is 5.25. The number of likely N-dealkylation sites (N-methyl/N-ethyl adjacent to an activating group) is 1. The van der Waals surface area contributed by atoms with E-state index in [9.17, 15) is 4.79 Å². The first-order chi connectivity index (χ1) is 19.4. The predicted molar refractivity (Wildman–Crippen MR) is 160 cm³/mol. The van der Waals surface area contributed by atoms with Gasteiger partial charge in [0.2, 0.25) is 5.95 Å². The molecule has 1 fully saturated rings. The standard InChI is InChI=1S/C30H41N9O/c1-35(2)29(40)26-8-7-25-20-24(26)22-39-18-16-38(17-19-39)15-14-36(3)12-5-13-37(4)28-9-6-23(21-32-28)27-10-11-31-30(33-25)34-27/h6-11,20-21H,5,12-19,22H2,1-4H3,(H,31,33,34). The van der Waals surface area contributed by atoms with E-state index in [0.29, 0.717) is 5.95 Å². The Balaban J connectivity index is 1.44. The molecule has 40 heavy (non-hydrogen) atoms. The van der Waals surface area contributed by atoms with Crippen molar-refractivity contribution in [2.75, 3.05) is 90.8 Å². The van der Waals surface area contributed by atoms with Crippen LogP contribution in [-0.4, -0.2) is 121 Å². The maximum atomic E-state index is 13.0. The third-order valence-electron chi connectivity index (χ3n) is 7.78. The van der Waals surface area contributed by atoms with Crippen LogP contribution in [0.2, 0.25) is 0 Å². The quantitative estimate of drug-likeness (QED) is 0.498. The summed E-state index contributed by atoms with van der Waals surface area (Å²) in [5.41, 5.74) is 4.34. The summed E-state index contributed by atoms with van der Waals surface area (Å²) in [5.74, 6) is 1.47. The number of nitrogens with one attached hydrogen (secondary N) is 1. The molecule has 8 rings (SSSR count). The number of piperazine rings is 1. The van der Waals surface area contributed by atoms with Gasteiger partial charge in [-0.15, -0.1) is 0 Å². The van der Waals surface area contributed by atoms with Crippen molar-refractivity contribution < 1.29 is 4.79 Å². The van der Waals surface area contributed by atoms with Gasteiger partial charge < -0.3 is 20.0 Å². The number of aromatic nitrogens is 3. The normalized spacial score (nSPS) is 20.6. The molecule has 2 aromatic heterocycles. The number of carbonyl (C=O) groups excluding carboxylic acids is 1. The molecular formula is C30H41N9O. The van der Waals surface area contributed by atoms with E-state index in [0.717, 1.165) is 99.2 Å². The Morgan fingerprint density at radius 1 is 0.875 bits per heavy atom. The molecule has 1 N–H and O–H groups in total. The maximum Gasteiger partial charge on any atom is 0.253 e. The predicted octanol–water partition coefficient (Wildman–Crippen LogP) is 2.87. The van der Waals surface area contributed by atoms with Crippen LogP contribution in [0.15, 0.2) is 48.8 Å². The molecule has 3 aromatic rings. The van der Waals surface area contributed by atoms with Crippen LogP contribution in [-0.2, 0) is 6.54 Å². The fraction of sp³-hybridized carbons (Fsp3) is 0.467. The molecule has 0 spiro atoms. The number of nitrogens with zero attached hydrogens (tertiary/aromatic N) is 8. The largest absolute Gasteiger partial charge is 0.360 e. The lowest BCUT2D eigenvalue weighted by Gasteiger charge is -2.36. The molecule has 10 nitrogen and oxygen atoms in total. The SMILES string of the molecule is CN1CCCN(C)c2ccc(cn2)-c2ccnc(n2)Nc2ccc(C(=O)N(C)C)c(c2)CN2CCN(CC1)CC2. The van der Waals surface area contributed by atoms with E-state index in [4.69, 9.17) is 9.97 Å². The Bertz CT molecular complexity index is 1290. The second-order valence-corrected chi connectivity index (χ2v) is 11.1. The van der Waals surface area contributed by atoms with E-state index in [1.54, 1.807) is 25.2 Å². The number of hydrogen-bond acceptors (Lipinski definition) is 9. The molecule has 10 heteroatoms. The van der Waals surface area contributed by atoms with Crippen LogP contribution in [0.1, 0.15) is 22.3 Å². The molecule has 0 radical (unpaired) electrons. The lowest BCUT2D eigenvalue weighted by Crippen LogP contribution is -2.48. The molecule has 5 aliphatic heterocycles. The highest BCUT2D eigenvalue weighted by atomic mass is 16.2. The van der Waals surface area contributed by atoms with Crippen molar-refractivity contribution >= 4 is 23.4 Å². The highest BCUT2D eigenvalue weighted by molar-refractivity contribution is 5.96. The van der Waals surface area contributed by atoms with E-state index in [1.807, 2.05) is 24.4 Å². The Labute approximate surface area is 237 Å². The second kappa shape index (κ2) is 12.7. The van der Waals surface area contributed by atoms with Gasteiger partial charge in [0.05, 0.1) is 5.69 Å². The Kier molecular flexibility index (Phi) is 8.88. The van der Waals surface area contributed by atoms with Gasteiger partial charge in [-0.1, -0.05) is 0 Å². The van der Waals surface area contributed by atoms with Crippen LogP contribution in [0, 0.1) is 0 Å². The van der Waals surface area contributed by atoms with E-state index < -0.39 is 0 Å². The molecule has 7 heterocycles. The minimum Gasteiger partial charge on any atom is -0.360 e. The van der Waals surface area contributed by atoms with Crippen LogP contribution in [0.5, 0.6) is 0 Å². The van der Waals surface area contributed by atoms with Gasteiger partial charge in [-0.05, 0) is 62.0 Å². The average Bonchev–Trinajstić information content (AvgIpc) is 2.96. The molecule has 0 unspecified atom stereocenters. The molecule has 1 saturated heterocycles. The summed E-state index contributed by atoms with van der Waals surface area (Å²) in [7, 11) is 7.91. The molecule has 1 amide bonds. The highest BCUT2D eigenvalue weighted by Crippen LogP contribution is 2.24. The first-order valence-electron chi connectivity index (χ1n) is 14.1. The zero-order chi connectivity index (χ0) is 28.1. The fourth-order valence-corrected chi connectivity index (χ4v) is 5.25. The highest BCUT2D eigenvalue weighted by Gasteiger charge is 2.21. The summed E-state index contributed by atoms with van der Waals surface area (Å²) < 4.78 is 0. The van der Waals surface area contributed by atoms with Gasteiger partial charge in [0, 0.05) is 103 Å². The second-order valence-electron chi connectivity index (χ2n) is 11.1. The number of carbonyl (C=O) groups is 1. The van der Waals surface area contributed by atoms with Crippen molar-refractivity contribution in [1.29, 1.82) is 0 Å². The molecule has 8 bridgehead atoms. The topological polar surface area (TPSA) is 84.0 Å². The Morgan fingerprint density at radius 2 is 1.65 bits per heavy atom. The molecule has 0 aliphatic carbocycles. The Hall–Kier alpha value is -3.60. The first kappa shape index (κ1) is 27.9. The number of pyridine rings is 1. The van der Waals surface area contributed by atoms with E-state index >= 15 is 0 Å². The number of anilines is 3. The van der Waals surface area contributed by atoms with Crippen molar-refractivity contribution in [3.63, 3.8) is 0 Å². The average molecular weight is 544 g/mol. The van der Waals surface area contributed by atoms with Crippen LogP contribution in [0.25, 0.3) is 11.3 Å². The van der Waals surface area contributed by atoms with Crippen molar-refractivity contribution in [3.05, 3.63) is 59.9 Å². The van der Waals surface area contributed by atoms with Crippen LogP contribution in [0.4, 0.5) is 17.5 Å². The molecular weight excluding hydrogens is 502 g/mol. The van der Waals surface area contributed by atoms with E-state index in [1.165, 1.54) is 0 Å². The summed E-state index contributed by atoms with van der Waals surface area (Å²) in [6.07, 6.45) is 4.71. The van der Waals surface area contributed by atoms with Crippen LogP contribution in [0.3, 0.4) is 0 Å². The summed E-state index contributed by atoms with van der Waals surface area (Å²) in [6, 6.07) is 11.9. The van der Waals surface area contributed by atoms with Crippen molar-refractivity contribution in [2.24, 2.45) is 0 Å². The van der Waals surface area contributed by atoms with E-state index in [2.05, 4.69) is 62.2 Å².